The third-order valence-electron chi connectivity index (χ3n) is 3.78. The number of nitrogens with zero attached hydrogens (tertiary/aromatic N) is 2. The summed E-state index contributed by atoms with van der Waals surface area (Å²) in [6, 6.07) is 9.28. The standard InChI is InChI=1S/C19H19N3O6/c1-12-4-6-15(9-17(12)22(25)26)19(24)21-20-10-14-5-7-18(27-3)16(8-14)11-28-13(2)23/h4-10H,11H2,1-3H3,(H,21,24)/b20-10-. The van der Waals surface area contributed by atoms with Crippen molar-refractivity contribution in [3.05, 3.63) is 68.8 Å². The lowest BCUT2D eigenvalue weighted by molar-refractivity contribution is -0.385. The zero-order chi connectivity index (χ0) is 20.7. The molecule has 2 aromatic rings. The van der Waals surface area contributed by atoms with Gasteiger partial charge >= 0.3 is 5.97 Å². The van der Waals surface area contributed by atoms with Crippen LogP contribution in [0.2, 0.25) is 0 Å². The van der Waals surface area contributed by atoms with Crippen molar-refractivity contribution in [2.75, 3.05) is 7.11 Å². The Morgan fingerprint density at radius 1 is 1.25 bits per heavy atom. The van der Waals surface area contributed by atoms with E-state index in [4.69, 9.17) is 9.47 Å². The lowest BCUT2D eigenvalue weighted by Gasteiger charge is -2.09. The maximum absolute atomic E-state index is 12.1. The quantitative estimate of drug-likeness (QED) is 0.339. The summed E-state index contributed by atoms with van der Waals surface area (Å²) in [5.74, 6) is -0.442. The van der Waals surface area contributed by atoms with Gasteiger partial charge in [-0.05, 0) is 36.8 Å². The number of nitro groups is 1. The number of ether oxygens (including phenoxy) is 2. The van der Waals surface area contributed by atoms with Crippen LogP contribution in [0.25, 0.3) is 0 Å². The highest BCUT2D eigenvalue weighted by Crippen LogP contribution is 2.21. The van der Waals surface area contributed by atoms with E-state index in [2.05, 4.69) is 10.5 Å². The van der Waals surface area contributed by atoms with Crippen LogP contribution < -0.4 is 10.2 Å². The minimum absolute atomic E-state index is 0.0412. The molecule has 0 bridgehead atoms. The van der Waals surface area contributed by atoms with Gasteiger partial charge in [-0.2, -0.15) is 5.10 Å². The van der Waals surface area contributed by atoms with Gasteiger partial charge in [-0.3, -0.25) is 19.7 Å². The van der Waals surface area contributed by atoms with E-state index in [0.29, 0.717) is 22.4 Å². The molecule has 9 heteroatoms. The molecule has 0 aliphatic heterocycles. The Balaban J connectivity index is 2.10. The van der Waals surface area contributed by atoms with E-state index in [9.17, 15) is 19.7 Å². The summed E-state index contributed by atoms with van der Waals surface area (Å²) in [5.41, 5.74) is 4.05. The molecule has 2 rings (SSSR count). The fourth-order valence-corrected chi connectivity index (χ4v) is 2.35. The van der Waals surface area contributed by atoms with Gasteiger partial charge in [-0.15, -0.1) is 0 Å². The zero-order valence-corrected chi connectivity index (χ0v) is 15.6. The van der Waals surface area contributed by atoms with E-state index in [1.54, 1.807) is 25.1 Å². The van der Waals surface area contributed by atoms with Crippen LogP contribution >= 0.6 is 0 Å². The number of rotatable bonds is 7. The average Bonchev–Trinajstić information content (AvgIpc) is 2.66. The Bertz CT molecular complexity index is 939. The van der Waals surface area contributed by atoms with Crippen molar-refractivity contribution in [1.29, 1.82) is 0 Å². The number of nitro benzene ring substituents is 1. The molecule has 0 aliphatic rings. The van der Waals surface area contributed by atoms with Crippen LogP contribution in [0.3, 0.4) is 0 Å². The lowest BCUT2D eigenvalue weighted by atomic mass is 10.1. The first-order chi connectivity index (χ1) is 13.3. The van der Waals surface area contributed by atoms with Gasteiger partial charge in [-0.1, -0.05) is 6.07 Å². The van der Waals surface area contributed by atoms with E-state index in [1.165, 1.54) is 38.4 Å². The Hall–Kier alpha value is -3.75. The molecule has 0 saturated heterocycles. The Kier molecular flexibility index (Phi) is 6.80. The molecular formula is C19H19N3O6. The average molecular weight is 385 g/mol. The Morgan fingerprint density at radius 3 is 2.64 bits per heavy atom. The Labute approximate surface area is 161 Å². The largest absolute Gasteiger partial charge is 0.496 e. The number of carbonyl (C=O) groups excluding carboxylic acids is 2. The fourth-order valence-electron chi connectivity index (χ4n) is 2.35. The molecule has 2 aromatic carbocycles. The van der Waals surface area contributed by atoms with Crippen LogP contribution in [0.4, 0.5) is 5.69 Å². The SMILES string of the molecule is COc1ccc(/C=N\NC(=O)c2ccc(C)c([N+](=O)[O-])c2)cc1COC(C)=O. The maximum atomic E-state index is 12.1. The van der Waals surface area contributed by atoms with Gasteiger partial charge < -0.3 is 9.47 Å². The molecule has 0 aliphatic carbocycles. The molecule has 9 nitrogen and oxygen atoms in total. The number of esters is 1. The van der Waals surface area contributed by atoms with Crippen LogP contribution in [0, 0.1) is 17.0 Å². The lowest BCUT2D eigenvalue weighted by Crippen LogP contribution is -2.17. The number of aryl methyl sites for hydroxylation is 1. The molecule has 0 aromatic heterocycles. The highest BCUT2D eigenvalue weighted by molar-refractivity contribution is 5.95. The second-order valence-electron chi connectivity index (χ2n) is 5.81. The highest BCUT2D eigenvalue weighted by Gasteiger charge is 2.14. The van der Waals surface area contributed by atoms with Gasteiger partial charge in [0.2, 0.25) is 0 Å². The highest BCUT2D eigenvalue weighted by atomic mass is 16.6. The molecule has 0 atom stereocenters. The molecule has 0 saturated carbocycles. The number of methoxy groups -OCH3 is 1. The van der Waals surface area contributed by atoms with Gasteiger partial charge in [-0.25, -0.2) is 5.43 Å². The van der Waals surface area contributed by atoms with Gasteiger partial charge in [0, 0.05) is 29.7 Å². The summed E-state index contributed by atoms with van der Waals surface area (Å²) in [4.78, 5) is 33.6. The zero-order valence-electron chi connectivity index (χ0n) is 15.6. The number of carbonyl (C=O) groups is 2. The van der Waals surface area contributed by atoms with E-state index >= 15 is 0 Å². The summed E-state index contributed by atoms with van der Waals surface area (Å²) < 4.78 is 10.2. The summed E-state index contributed by atoms with van der Waals surface area (Å²) in [7, 11) is 1.50. The minimum atomic E-state index is -0.576. The maximum Gasteiger partial charge on any atom is 0.302 e. The van der Waals surface area contributed by atoms with Crippen LogP contribution in [0.15, 0.2) is 41.5 Å². The molecule has 0 radical (unpaired) electrons. The normalized spacial score (nSPS) is 10.5. The third-order valence-corrected chi connectivity index (χ3v) is 3.78. The van der Waals surface area contributed by atoms with Crippen molar-refractivity contribution >= 4 is 23.8 Å². The van der Waals surface area contributed by atoms with E-state index in [1.807, 2.05) is 0 Å². The van der Waals surface area contributed by atoms with E-state index in [-0.39, 0.29) is 17.9 Å². The molecular weight excluding hydrogens is 366 g/mol. The van der Waals surface area contributed by atoms with Crippen molar-refractivity contribution in [3.8, 4) is 5.75 Å². The molecule has 0 fully saturated rings. The topological polar surface area (TPSA) is 120 Å². The first kappa shape index (κ1) is 20.6. The van der Waals surface area contributed by atoms with E-state index in [0.717, 1.165) is 0 Å². The second kappa shape index (κ2) is 9.26. The number of nitrogens with one attached hydrogen (secondary N) is 1. The Morgan fingerprint density at radius 2 is 2.00 bits per heavy atom. The van der Waals surface area contributed by atoms with Gasteiger partial charge in [0.1, 0.15) is 12.4 Å². The predicted octanol–water partition coefficient (Wildman–Crippen LogP) is 2.74. The van der Waals surface area contributed by atoms with Crippen LogP contribution in [-0.2, 0) is 16.1 Å². The summed E-state index contributed by atoms with van der Waals surface area (Å²) >= 11 is 0. The van der Waals surface area contributed by atoms with Crippen molar-refractivity contribution in [3.63, 3.8) is 0 Å². The van der Waals surface area contributed by atoms with Gasteiger partial charge in [0.25, 0.3) is 11.6 Å². The smallest absolute Gasteiger partial charge is 0.302 e. The number of amides is 1. The summed E-state index contributed by atoms with van der Waals surface area (Å²) in [6.45, 7) is 2.94. The first-order valence-corrected chi connectivity index (χ1v) is 8.20. The number of hydrazone groups is 1. The monoisotopic (exact) mass is 385 g/mol. The summed E-state index contributed by atoms with van der Waals surface area (Å²) in [5, 5.41) is 14.8. The van der Waals surface area contributed by atoms with Crippen LogP contribution in [0.5, 0.6) is 5.75 Å². The summed E-state index contributed by atoms with van der Waals surface area (Å²) in [6.07, 6.45) is 1.40. The van der Waals surface area contributed by atoms with Crippen molar-refractivity contribution in [2.45, 2.75) is 20.5 Å². The number of benzene rings is 2. The van der Waals surface area contributed by atoms with Crippen LogP contribution in [-0.4, -0.2) is 30.1 Å². The van der Waals surface area contributed by atoms with Gasteiger partial charge in [0.05, 0.1) is 18.2 Å². The predicted molar refractivity (Wildman–Crippen MR) is 101 cm³/mol. The van der Waals surface area contributed by atoms with Gasteiger partial charge in [0.15, 0.2) is 0 Å². The third kappa shape index (κ3) is 5.37. The number of hydrogen-bond acceptors (Lipinski definition) is 7. The molecule has 28 heavy (non-hydrogen) atoms. The minimum Gasteiger partial charge on any atom is -0.496 e. The van der Waals surface area contributed by atoms with E-state index < -0.39 is 16.8 Å². The number of hydrogen-bond donors (Lipinski definition) is 1. The first-order valence-electron chi connectivity index (χ1n) is 8.20. The molecule has 1 amide bonds. The van der Waals surface area contributed by atoms with Crippen molar-refractivity contribution in [2.24, 2.45) is 5.10 Å². The van der Waals surface area contributed by atoms with Crippen molar-refractivity contribution < 1.29 is 24.0 Å². The molecule has 1 N–H and O–H groups in total. The van der Waals surface area contributed by atoms with Crippen molar-refractivity contribution in [1.82, 2.24) is 5.43 Å². The second-order valence-corrected chi connectivity index (χ2v) is 5.81. The fraction of sp³-hybridized carbons (Fsp3) is 0.211. The van der Waals surface area contributed by atoms with Crippen LogP contribution in [0.1, 0.15) is 34.0 Å². The molecule has 0 spiro atoms. The molecule has 146 valence electrons. The molecule has 0 unspecified atom stereocenters. The molecule has 0 heterocycles.